The lowest BCUT2D eigenvalue weighted by atomic mass is 10.0. The molecular weight excluding hydrogens is 366 g/mol. The maximum absolute atomic E-state index is 11.9. The zero-order valence-electron chi connectivity index (χ0n) is 15.6. The first-order valence-electron chi connectivity index (χ1n) is 8.14. The molecule has 9 nitrogen and oxygen atoms in total. The molecule has 0 bridgehead atoms. The molecule has 0 aliphatic rings. The van der Waals surface area contributed by atoms with Crippen LogP contribution in [0, 0.1) is 5.41 Å². The molecule has 0 fully saturated rings. The molecule has 148 valence electrons. The van der Waals surface area contributed by atoms with Gasteiger partial charge in [-0.05, 0) is 29.8 Å². The third kappa shape index (κ3) is 4.91. The number of rotatable bonds is 8. The zero-order chi connectivity index (χ0) is 20.8. The van der Waals surface area contributed by atoms with Gasteiger partial charge in [-0.2, -0.15) is 0 Å². The van der Waals surface area contributed by atoms with Crippen molar-refractivity contribution >= 4 is 23.5 Å². The van der Waals surface area contributed by atoms with Gasteiger partial charge in [-0.1, -0.05) is 0 Å². The number of hydrogen-bond donors (Lipinski definition) is 4. The lowest BCUT2D eigenvalue weighted by Crippen LogP contribution is -2.21. The average Bonchev–Trinajstić information content (AvgIpc) is 2.64. The number of hydrogen-bond acceptors (Lipinski definition) is 7. The van der Waals surface area contributed by atoms with Gasteiger partial charge in [-0.3, -0.25) is 10.2 Å². The SMILES string of the molecule is COc1cc(OC)cc(C(Nc2ccc(C(=N)N)c(OC(C)=O)c2)C(=O)O)c1. The van der Waals surface area contributed by atoms with Crippen LogP contribution in [-0.4, -0.2) is 37.1 Å². The number of carbonyl (C=O) groups excluding carboxylic acids is 1. The summed E-state index contributed by atoms with van der Waals surface area (Å²) in [4.78, 5) is 23.2. The van der Waals surface area contributed by atoms with Gasteiger partial charge in [0, 0.05) is 24.7 Å². The van der Waals surface area contributed by atoms with Crippen molar-refractivity contribution < 1.29 is 28.9 Å². The summed E-state index contributed by atoms with van der Waals surface area (Å²) < 4.78 is 15.5. The normalized spacial score (nSPS) is 11.2. The second-order valence-electron chi connectivity index (χ2n) is 5.78. The fraction of sp³-hybridized carbons (Fsp3) is 0.211. The second kappa shape index (κ2) is 8.76. The van der Waals surface area contributed by atoms with Gasteiger partial charge in [0.15, 0.2) is 6.04 Å². The van der Waals surface area contributed by atoms with E-state index in [-0.39, 0.29) is 17.1 Å². The quantitative estimate of drug-likeness (QED) is 0.233. The van der Waals surface area contributed by atoms with E-state index >= 15 is 0 Å². The van der Waals surface area contributed by atoms with E-state index in [9.17, 15) is 14.7 Å². The van der Waals surface area contributed by atoms with Crippen molar-refractivity contribution in [2.75, 3.05) is 19.5 Å². The van der Waals surface area contributed by atoms with E-state index in [0.29, 0.717) is 22.7 Å². The maximum Gasteiger partial charge on any atom is 0.330 e. The van der Waals surface area contributed by atoms with E-state index in [1.807, 2.05) is 0 Å². The van der Waals surface area contributed by atoms with Gasteiger partial charge in [0.25, 0.3) is 0 Å². The number of anilines is 1. The molecule has 0 saturated carbocycles. The van der Waals surface area contributed by atoms with Crippen LogP contribution in [0.15, 0.2) is 36.4 Å². The maximum atomic E-state index is 11.9. The number of esters is 1. The van der Waals surface area contributed by atoms with Crippen LogP contribution in [0.3, 0.4) is 0 Å². The molecule has 1 unspecified atom stereocenters. The van der Waals surface area contributed by atoms with Crippen LogP contribution in [0.2, 0.25) is 0 Å². The minimum Gasteiger partial charge on any atom is -0.497 e. The number of nitrogens with one attached hydrogen (secondary N) is 2. The summed E-state index contributed by atoms with van der Waals surface area (Å²) in [5, 5.41) is 20.1. The van der Waals surface area contributed by atoms with Gasteiger partial charge < -0.3 is 30.4 Å². The lowest BCUT2D eigenvalue weighted by Gasteiger charge is -2.19. The topological polar surface area (TPSA) is 144 Å². The van der Waals surface area contributed by atoms with Crippen molar-refractivity contribution in [3.05, 3.63) is 47.5 Å². The minimum absolute atomic E-state index is 0.0531. The van der Waals surface area contributed by atoms with E-state index in [0.717, 1.165) is 0 Å². The van der Waals surface area contributed by atoms with E-state index in [1.54, 1.807) is 18.2 Å². The highest BCUT2D eigenvalue weighted by atomic mass is 16.5. The van der Waals surface area contributed by atoms with Crippen molar-refractivity contribution in [3.8, 4) is 17.2 Å². The van der Waals surface area contributed by atoms with Crippen LogP contribution in [0.5, 0.6) is 17.2 Å². The van der Waals surface area contributed by atoms with Crippen molar-refractivity contribution in [2.24, 2.45) is 5.73 Å². The smallest absolute Gasteiger partial charge is 0.330 e. The highest BCUT2D eigenvalue weighted by Gasteiger charge is 2.22. The number of nitrogens with two attached hydrogens (primary N) is 1. The largest absolute Gasteiger partial charge is 0.497 e. The van der Waals surface area contributed by atoms with E-state index in [1.165, 1.54) is 39.3 Å². The van der Waals surface area contributed by atoms with Crippen LogP contribution in [0.4, 0.5) is 5.69 Å². The predicted molar refractivity (Wildman–Crippen MR) is 102 cm³/mol. The zero-order valence-corrected chi connectivity index (χ0v) is 15.6. The third-order valence-electron chi connectivity index (χ3n) is 3.79. The third-order valence-corrected chi connectivity index (χ3v) is 3.79. The summed E-state index contributed by atoms with van der Waals surface area (Å²) in [6, 6.07) is 8.05. The molecular formula is C19H21N3O6. The first-order chi connectivity index (χ1) is 13.2. The number of carbonyl (C=O) groups is 2. The summed E-state index contributed by atoms with van der Waals surface area (Å²) in [5.41, 5.74) is 6.47. The standard InChI is InChI=1S/C19H21N3O6/c1-10(23)28-16-8-12(4-5-15(16)18(20)21)22-17(19(24)25)11-6-13(26-2)9-14(7-11)27-3/h4-9,17,22H,1-3H3,(H3,20,21)(H,24,25). The molecule has 2 rings (SSSR count). The highest BCUT2D eigenvalue weighted by molar-refractivity contribution is 5.99. The molecule has 0 heterocycles. The summed E-state index contributed by atoms with van der Waals surface area (Å²) in [7, 11) is 2.93. The van der Waals surface area contributed by atoms with Crippen molar-refractivity contribution in [1.82, 2.24) is 0 Å². The molecule has 1 atom stereocenters. The van der Waals surface area contributed by atoms with E-state index in [2.05, 4.69) is 5.32 Å². The Labute approximate surface area is 161 Å². The summed E-state index contributed by atoms with van der Waals surface area (Å²) in [5.74, 6) is -1.08. The molecule has 0 aliphatic carbocycles. The molecule has 28 heavy (non-hydrogen) atoms. The molecule has 0 spiro atoms. The first kappa shape index (κ1) is 20.6. The van der Waals surface area contributed by atoms with Gasteiger partial charge in [0.1, 0.15) is 23.1 Å². The van der Waals surface area contributed by atoms with Gasteiger partial charge >= 0.3 is 11.9 Å². The monoisotopic (exact) mass is 387 g/mol. The molecule has 0 aliphatic heterocycles. The molecule has 9 heteroatoms. The fourth-order valence-corrected chi connectivity index (χ4v) is 2.52. The van der Waals surface area contributed by atoms with Crippen LogP contribution in [-0.2, 0) is 9.59 Å². The second-order valence-corrected chi connectivity index (χ2v) is 5.78. The summed E-state index contributed by atoms with van der Waals surface area (Å²) in [6.45, 7) is 1.21. The minimum atomic E-state index is -1.14. The van der Waals surface area contributed by atoms with Crippen LogP contribution in [0.25, 0.3) is 0 Å². The lowest BCUT2D eigenvalue weighted by molar-refractivity contribution is -0.138. The molecule has 5 N–H and O–H groups in total. The molecule has 0 saturated heterocycles. The van der Waals surface area contributed by atoms with Crippen molar-refractivity contribution in [1.29, 1.82) is 5.41 Å². The average molecular weight is 387 g/mol. The van der Waals surface area contributed by atoms with Crippen LogP contribution in [0.1, 0.15) is 24.1 Å². The van der Waals surface area contributed by atoms with Crippen LogP contribution < -0.4 is 25.3 Å². The Balaban J connectivity index is 2.43. The van der Waals surface area contributed by atoms with Gasteiger partial charge in [-0.25, -0.2) is 4.79 Å². The number of ether oxygens (including phenoxy) is 3. The Morgan fingerprint density at radius 2 is 1.71 bits per heavy atom. The predicted octanol–water partition coefficient (Wildman–Crippen LogP) is 2.15. The van der Waals surface area contributed by atoms with E-state index < -0.39 is 18.0 Å². The van der Waals surface area contributed by atoms with Crippen molar-refractivity contribution in [3.63, 3.8) is 0 Å². The van der Waals surface area contributed by atoms with Gasteiger partial charge in [-0.15, -0.1) is 0 Å². The first-order valence-corrected chi connectivity index (χ1v) is 8.14. The van der Waals surface area contributed by atoms with Gasteiger partial charge in [0.2, 0.25) is 0 Å². The molecule has 0 radical (unpaired) electrons. The molecule has 0 amide bonds. The number of nitrogen functional groups attached to an aromatic ring is 1. The Morgan fingerprint density at radius 3 is 2.18 bits per heavy atom. The number of carboxylic acid groups (broad SMARTS) is 1. The highest BCUT2D eigenvalue weighted by Crippen LogP contribution is 2.30. The Kier molecular flexibility index (Phi) is 6.43. The summed E-state index contributed by atoms with van der Waals surface area (Å²) >= 11 is 0. The number of carboxylic acids is 1. The Bertz CT molecular complexity index is 890. The van der Waals surface area contributed by atoms with Crippen LogP contribution >= 0.6 is 0 Å². The number of aliphatic carboxylic acids is 1. The molecule has 0 aromatic heterocycles. The Hall–Kier alpha value is -3.75. The number of benzene rings is 2. The molecule has 2 aromatic carbocycles. The Morgan fingerprint density at radius 1 is 1.11 bits per heavy atom. The van der Waals surface area contributed by atoms with E-state index in [4.69, 9.17) is 25.4 Å². The van der Waals surface area contributed by atoms with Crippen molar-refractivity contribution in [2.45, 2.75) is 13.0 Å². The van der Waals surface area contributed by atoms with Gasteiger partial charge in [0.05, 0.1) is 19.8 Å². The molecule has 2 aromatic rings. The fourth-order valence-electron chi connectivity index (χ4n) is 2.52. The number of amidine groups is 1. The number of methoxy groups -OCH3 is 2. The summed E-state index contributed by atoms with van der Waals surface area (Å²) in [6.07, 6.45) is 0.